The van der Waals surface area contributed by atoms with E-state index in [9.17, 15) is 0 Å². The highest BCUT2D eigenvalue weighted by Gasteiger charge is 2.30. The van der Waals surface area contributed by atoms with Crippen molar-refractivity contribution in [3.05, 3.63) is 4.77 Å². The summed E-state index contributed by atoms with van der Waals surface area (Å²) in [7, 11) is 1.97. The summed E-state index contributed by atoms with van der Waals surface area (Å²) in [4.78, 5) is 2.37. The molecule has 1 aliphatic heterocycles. The molecule has 16 heavy (non-hydrogen) atoms. The summed E-state index contributed by atoms with van der Waals surface area (Å²) in [6.07, 6.45) is 1.30. The lowest BCUT2D eigenvalue weighted by Crippen LogP contribution is -2.47. The van der Waals surface area contributed by atoms with Crippen LogP contribution in [0.3, 0.4) is 0 Å². The third-order valence-electron chi connectivity index (χ3n) is 3.71. The Bertz CT molecular complexity index is 422. The van der Waals surface area contributed by atoms with Gasteiger partial charge in [-0.2, -0.15) is 0 Å². The first-order chi connectivity index (χ1) is 7.50. The second kappa shape index (κ2) is 4.20. The Morgan fingerprint density at radius 3 is 2.62 bits per heavy atom. The van der Waals surface area contributed by atoms with Crippen LogP contribution in [-0.2, 0) is 7.05 Å². The maximum atomic E-state index is 5.16. The summed E-state index contributed by atoms with van der Waals surface area (Å²) >= 11 is 5.16. The number of rotatable bonds is 1. The number of piperidine rings is 1. The molecule has 90 valence electrons. The van der Waals surface area contributed by atoms with Gasteiger partial charge in [0.05, 0.1) is 0 Å². The minimum absolute atomic E-state index is 0.528. The van der Waals surface area contributed by atoms with Crippen LogP contribution in [0.25, 0.3) is 0 Å². The van der Waals surface area contributed by atoms with E-state index < -0.39 is 0 Å². The number of aromatic amines is 1. The minimum atomic E-state index is 0.528. The lowest BCUT2D eigenvalue weighted by molar-refractivity contribution is 0.292. The molecule has 0 aromatic carbocycles. The summed E-state index contributed by atoms with van der Waals surface area (Å²) in [6, 6.07) is 0.528. The fourth-order valence-electron chi connectivity index (χ4n) is 2.57. The van der Waals surface area contributed by atoms with Crippen LogP contribution in [0.15, 0.2) is 0 Å². The number of hydrogen-bond acceptors (Lipinski definition) is 3. The molecule has 0 aliphatic carbocycles. The first kappa shape index (κ1) is 11.6. The zero-order valence-corrected chi connectivity index (χ0v) is 11.2. The van der Waals surface area contributed by atoms with Gasteiger partial charge in [0.25, 0.3) is 0 Å². The number of aromatic nitrogens is 3. The summed E-state index contributed by atoms with van der Waals surface area (Å²) in [6.45, 7) is 7.96. The van der Waals surface area contributed by atoms with Crippen LogP contribution in [0.1, 0.15) is 27.2 Å². The van der Waals surface area contributed by atoms with Gasteiger partial charge in [-0.05, 0) is 37.4 Å². The van der Waals surface area contributed by atoms with E-state index in [1.165, 1.54) is 6.42 Å². The largest absolute Gasteiger partial charge is 0.338 e. The Balaban J connectivity index is 2.32. The predicted molar refractivity (Wildman–Crippen MR) is 68.1 cm³/mol. The second-order valence-electron chi connectivity index (χ2n) is 5.10. The predicted octanol–water partition coefficient (Wildman–Crippen LogP) is 2.35. The van der Waals surface area contributed by atoms with Crippen LogP contribution >= 0.6 is 12.2 Å². The van der Waals surface area contributed by atoms with Crippen LogP contribution in [0, 0.1) is 16.6 Å². The zero-order valence-electron chi connectivity index (χ0n) is 10.4. The Morgan fingerprint density at radius 2 is 2.06 bits per heavy atom. The molecule has 2 heterocycles. The Morgan fingerprint density at radius 1 is 1.38 bits per heavy atom. The van der Waals surface area contributed by atoms with E-state index in [1.807, 2.05) is 11.6 Å². The Kier molecular flexibility index (Phi) is 3.06. The highest BCUT2D eigenvalue weighted by atomic mass is 32.1. The van der Waals surface area contributed by atoms with Crippen molar-refractivity contribution in [1.29, 1.82) is 0 Å². The van der Waals surface area contributed by atoms with Gasteiger partial charge in [-0.15, -0.1) is 5.10 Å². The third-order valence-corrected chi connectivity index (χ3v) is 4.08. The maximum Gasteiger partial charge on any atom is 0.225 e. The molecule has 5 heteroatoms. The molecular formula is C11H20N4S. The van der Waals surface area contributed by atoms with E-state index in [1.54, 1.807) is 0 Å². The van der Waals surface area contributed by atoms with Crippen molar-refractivity contribution < 1.29 is 0 Å². The third kappa shape index (κ3) is 1.88. The van der Waals surface area contributed by atoms with Gasteiger partial charge in [-0.3, -0.25) is 4.57 Å². The number of anilines is 1. The summed E-state index contributed by atoms with van der Waals surface area (Å²) < 4.78 is 2.64. The Labute approximate surface area is 102 Å². The van der Waals surface area contributed by atoms with Gasteiger partial charge in [0, 0.05) is 19.6 Å². The lowest BCUT2D eigenvalue weighted by Gasteiger charge is -2.41. The molecular weight excluding hydrogens is 220 g/mol. The fraction of sp³-hybridized carbons (Fsp3) is 0.818. The molecule has 1 aliphatic rings. The quantitative estimate of drug-likeness (QED) is 0.766. The van der Waals surface area contributed by atoms with Crippen molar-refractivity contribution >= 4 is 18.2 Å². The monoisotopic (exact) mass is 240 g/mol. The van der Waals surface area contributed by atoms with Gasteiger partial charge in [0.15, 0.2) is 4.77 Å². The molecule has 1 saturated heterocycles. The average molecular weight is 240 g/mol. The van der Waals surface area contributed by atoms with Crippen molar-refractivity contribution in [2.75, 3.05) is 11.4 Å². The standard InChI is InChI=1S/C11H20N4S/c1-7-5-8(2)9(3)15(6-7)10-12-13-11(16)14(10)4/h7-9H,5-6H2,1-4H3,(H,13,16). The molecule has 3 atom stereocenters. The first-order valence-corrected chi connectivity index (χ1v) is 6.29. The molecule has 0 saturated carbocycles. The lowest BCUT2D eigenvalue weighted by atomic mass is 9.86. The van der Waals surface area contributed by atoms with Crippen molar-refractivity contribution in [2.24, 2.45) is 18.9 Å². The molecule has 4 nitrogen and oxygen atoms in total. The van der Waals surface area contributed by atoms with Crippen LogP contribution in [0.4, 0.5) is 5.95 Å². The van der Waals surface area contributed by atoms with Crippen LogP contribution in [-0.4, -0.2) is 27.4 Å². The van der Waals surface area contributed by atoms with Crippen molar-refractivity contribution in [1.82, 2.24) is 14.8 Å². The van der Waals surface area contributed by atoms with E-state index in [0.717, 1.165) is 18.4 Å². The van der Waals surface area contributed by atoms with Crippen molar-refractivity contribution in [3.63, 3.8) is 0 Å². The SMILES string of the molecule is CC1CC(C)C(C)N(c2n[nH]c(=S)n2C)C1. The molecule has 0 radical (unpaired) electrons. The maximum absolute atomic E-state index is 5.16. The zero-order chi connectivity index (χ0) is 11.9. The smallest absolute Gasteiger partial charge is 0.225 e. The number of nitrogens with zero attached hydrogens (tertiary/aromatic N) is 3. The highest BCUT2D eigenvalue weighted by molar-refractivity contribution is 7.71. The summed E-state index contributed by atoms with van der Waals surface area (Å²) in [5.74, 6) is 2.39. The van der Waals surface area contributed by atoms with Crippen LogP contribution in [0.5, 0.6) is 0 Å². The summed E-state index contributed by atoms with van der Waals surface area (Å²) in [5, 5.41) is 7.19. The highest BCUT2D eigenvalue weighted by Crippen LogP contribution is 2.29. The molecule has 1 N–H and O–H groups in total. The van der Waals surface area contributed by atoms with Gasteiger partial charge < -0.3 is 4.90 Å². The molecule has 1 aromatic heterocycles. The molecule has 0 bridgehead atoms. The molecule has 2 rings (SSSR count). The van der Waals surface area contributed by atoms with Crippen molar-refractivity contribution in [2.45, 2.75) is 33.2 Å². The van der Waals surface area contributed by atoms with E-state index in [0.29, 0.717) is 16.7 Å². The fourth-order valence-corrected chi connectivity index (χ4v) is 2.70. The molecule has 1 fully saturated rings. The minimum Gasteiger partial charge on any atom is -0.338 e. The van der Waals surface area contributed by atoms with Gasteiger partial charge in [-0.25, -0.2) is 5.10 Å². The number of hydrogen-bond donors (Lipinski definition) is 1. The molecule has 1 aromatic rings. The second-order valence-corrected chi connectivity index (χ2v) is 5.49. The van der Waals surface area contributed by atoms with E-state index in [4.69, 9.17) is 12.2 Å². The summed E-state index contributed by atoms with van der Waals surface area (Å²) in [5.41, 5.74) is 0. The van der Waals surface area contributed by atoms with Gasteiger partial charge in [-0.1, -0.05) is 13.8 Å². The average Bonchev–Trinajstić information content (AvgIpc) is 2.54. The van der Waals surface area contributed by atoms with E-state index in [2.05, 4.69) is 35.9 Å². The molecule has 0 spiro atoms. The normalized spacial score (nSPS) is 30.8. The van der Waals surface area contributed by atoms with E-state index in [-0.39, 0.29) is 0 Å². The molecule has 0 amide bonds. The number of H-pyrrole nitrogens is 1. The first-order valence-electron chi connectivity index (χ1n) is 5.88. The van der Waals surface area contributed by atoms with Gasteiger partial charge in [0.1, 0.15) is 0 Å². The van der Waals surface area contributed by atoms with Crippen molar-refractivity contribution in [3.8, 4) is 0 Å². The van der Waals surface area contributed by atoms with Gasteiger partial charge in [0.2, 0.25) is 5.95 Å². The Hall–Kier alpha value is -0.840. The van der Waals surface area contributed by atoms with Crippen LogP contribution < -0.4 is 4.90 Å². The van der Waals surface area contributed by atoms with E-state index >= 15 is 0 Å². The van der Waals surface area contributed by atoms with Crippen LogP contribution in [0.2, 0.25) is 0 Å². The number of nitrogens with one attached hydrogen (secondary N) is 1. The molecule has 3 unspecified atom stereocenters. The van der Waals surface area contributed by atoms with Gasteiger partial charge >= 0.3 is 0 Å². The topological polar surface area (TPSA) is 36.9 Å².